The fourth-order valence-corrected chi connectivity index (χ4v) is 1.59. The first-order chi connectivity index (χ1) is 8.19. The zero-order valence-corrected chi connectivity index (χ0v) is 9.93. The van der Waals surface area contributed by atoms with Crippen LogP contribution in [0.4, 0.5) is 0 Å². The van der Waals surface area contributed by atoms with E-state index < -0.39 is 12.1 Å². The molecular weight excluding hydrogens is 220 g/mol. The molecule has 0 heterocycles. The number of aliphatic hydroxyl groups is 1. The molecule has 0 aliphatic rings. The lowest BCUT2D eigenvalue weighted by molar-refractivity contribution is -0.145. The van der Waals surface area contributed by atoms with Crippen LogP contribution in [0.5, 0.6) is 5.75 Å². The number of hydrogen-bond acceptors (Lipinski definition) is 3. The Hall–Kier alpha value is -1.55. The quantitative estimate of drug-likeness (QED) is 0.760. The Morgan fingerprint density at radius 3 is 2.71 bits per heavy atom. The van der Waals surface area contributed by atoms with Gasteiger partial charge in [-0.3, -0.25) is 0 Å². The molecule has 4 nitrogen and oxygen atoms in total. The summed E-state index contributed by atoms with van der Waals surface area (Å²) >= 11 is 0. The van der Waals surface area contributed by atoms with Gasteiger partial charge in [-0.2, -0.15) is 0 Å². The van der Waals surface area contributed by atoms with Crippen LogP contribution in [-0.2, 0) is 11.2 Å². The Kier molecular flexibility index (Phi) is 5.49. The van der Waals surface area contributed by atoms with Crippen molar-refractivity contribution in [2.75, 3.05) is 6.61 Å². The summed E-state index contributed by atoms with van der Waals surface area (Å²) in [4.78, 5) is 11.0. The topological polar surface area (TPSA) is 66.8 Å². The lowest BCUT2D eigenvalue weighted by atomic mass is 10.1. The average Bonchev–Trinajstić information content (AvgIpc) is 2.31. The SMILES string of the molecule is CCCC(Oc1ccccc1CCO)C(=O)O. The van der Waals surface area contributed by atoms with E-state index in [2.05, 4.69) is 0 Å². The summed E-state index contributed by atoms with van der Waals surface area (Å²) in [5.41, 5.74) is 0.831. The van der Waals surface area contributed by atoms with Crippen molar-refractivity contribution in [3.8, 4) is 5.75 Å². The highest BCUT2D eigenvalue weighted by molar-refractivity contribution is 5.72. The molecule has 17 heavy (non-hydrogen) atoms. The molecule has 0 saturated heterocycles. The molecular formula is C13H18O4. The highest BCUT2D eigenvalue weighted by Gasteiger charge is 2.19. The summed E-state index contributed by atoms with van der Waals surface area (Å²) in [6.07, 6.45) is 0.871. The van der Waals surface area contributed by atoms with Gasteiger partial charge >= 0.3 is 5.97 Å². The number of aliphatic hydroxyl groups excluding tert-OH is 1. The molecule has 0 saturated carbocycles. The van der Waals surface area contributed by atoms with Gasteiger partial charge in [0.05, 0.1) is 0 Å². The number of carboxylic acid groups (broad SMARTS) is 1. The molecule has 1 unspecified atom stereocenters. The largest absolute Gasteiger partial charge is 0.479 e. The summed E-state index contributed by atoms with van der Waals surface area (Å²) in [5.74, 6) is -0.409. The number of aliphatic carboxylic acids is 1. The fraction of sp³-hybridized carbons (Fsp3) is 0.462. The van der Waals surface area contributed by atoms with Gasteiger partial charge in [0.1, 0.15) is 5.75 Å². The predicted molar refractivity (Wildman–Crippen MR) is 64.2 cm³/mol. The summed E-state index contributed by atoms with van der Waals surface area (Å²) in [6, 6.07) is 7.20. The first-order valence-corrected chi connectivity index (χ1v) is 5.77. The smallest absolute Gasteiger partial charge is 0.344 e. The van der Waals surface area contributed by atoms with Crippen molar-refractivity contribution in [3.63, 3.8) is 0 Å². The van der Waals surface area contributed by atoms with Crippen molar-refractivity contribution < 1.29 is 19.7 Å². The van der Waals surface area contributed by atoms with E-state index in [1.165, 1.54) is 0 Å². The Morgan fingerprint density at radius 1 is 1.41 bits per heavy atom. The molecule has 0 bridgehead atoms. The van der Waals surface area contributed by atoms with Crippen molar-refractivity contribution in [2.24, 2.45) is 0 Å². The van der Waals surface area contributed by atoms with Crippen LogP contribution in [0.1, 0.15) is 25.3 Å². The minimum atomic E-state index is -0.953. The highest BCUT2D eigenvalue weighted by Crippen LogP contribution is 2.21. The van der Waals surface area contributed by atoms with E-state index in [0.717, 1.165) is 12.0 Å². The van der Waals surface area contributed by atoms with Crippen LogP contribution >= 0.6 is 0 Å². The first-order valence-electron chi connectivity index (χ1n) is 5.77. The van der Waals surface area contributed by atoms with Crippen LogP contribution in [0.15, 0.2) is 24.3 Å². The van der Waals surface area contributed by atoms with Gasteiger partial charge in [-0.15, -0.1) is 0 Å². The maximum absolute atomic E-state index is 11.0. The van der Waals surface area contributed by atoms with Gasteiger partial charge in [0.25, 0.3) is 0 Å². The van der Waals surface area contributed by atoms with Crippen LogP contribution in [0.2, 0.25) is 0 Å². The van der Waals surface area contributed by atoms with Crippen LogP contribution < -0.4 is 4.74 Å². The molecule has 4 heteroatoms. The van der Waals surface area contributed by atoms with Gasteiger partial charge in [0.2, 0.25) is 0 Å². The Bertz CT molecular complexity index is 362. The molecule has 0 fully saturated rings. The molecule has 0 aliphatic heterocycles. The second-order valence-corrected chi connectivity index (χ2v) is 3.81. The van der Waals surface area contributed by atoms with Gasteiger partial charge in [-0.05, 0) is 24.5 Å². The number of para-hydroxylation sites is 1. The molecule has 1 aromatic carbocycles. The molecule has 0 aliphatic carbocycles. The summed E-state index contributed by atoms with van der Waals surface area (Å²) in [7, 11) is 0. The average molecular weight is 238 g/mol. The third-order valence-electron chi connectivity index (χ3n) is 2.45. The van der Waals surface area contributed by atoms with E-state index in [-0.39, 0.29) is 6.61 Å². The molecule has 0 spiro atoms. The van der Waals surface area contributed by atoms with E-state index >= 15 is 0 Å². The van der Waals surface area contributed by atoms with Crippen molar-refractivity contribution >= 4 is 5.97 Å². The van der Waals surface area contributed by atoms with E-state index in [1.807, 2.05) is 19.1 Å². The number of ether oxygens (including phenoxy) is 1. The first kappa shape index (κ1) is 13.5. The number of rotatable bonds is 7. The lowest BCUT2D eigenvalue weighted by Crippen LogP contribution is -2.27. The summed E-state index contributed by atoms with van der Waals surface area (Å²) < 4.78 is 5.49. The molecule has 94 valence electrons. The number of carbonyl (C=O) groups is 1. The van der Waals surface area contributed by atoms with E-state index in [0.29, 0.717) is 18.6 Å². The zero-order chi connectivity index (χ0) is 12.7. The van der Waals surface area contributed by atoms with Crippen molar-refractivity contribution in [2.45, 2.75) is 32.3 Å². The minimum absolute atomic E-state index is 0.0197. The molecule has 1 atom stereocenters. The molecule has 2 N–H and O–H groups in total. The third kappa shape index (κ3) is 4.07. The van der Waals surface area contributed by atoms with Gasteiger partial charge in [-0.1, -0.05) is 31.5 Å². The number of carboxylic acids is 1. The standard InChI is InChI=1S/C13H18O4/c1-2-5-12(13(15)16)17-11-7-4-3-6-10(11)8-9-14/h3-4,6-7,12,14H,2,5,8-9H2,1H3,(H,15,16). The van der Waals surface area contributed by atoms with Gasteiger partial charge in [0.15, 0.2) is 6.10 Å². The van der Waals surface area contributed by atoms with E-state index in [1.54, 1.807) is 12.1 Å². The lowest BCUT2D eigenvalue weighted by Gasteiger charge is -2.16. The molecule has 0 radical (unpaired) electrons. The van der Waals surface area contributed by atoms with Gasteiger partial charge in [0, 0.05) is 6.61 Å². The molecule has 1 aromatic rings. The second-order valence-electron chi connectivity index (χ2n) is 3.81. The molecule has 0 aromatic heterocycles. The Balaban J connectivity index is 2.80. The third-order valence-corrected chi connectivity index (χ3v) is 2.45. The minimum Gasteiger partial charge on any atom is -0.479 e. The van der Waals surface area contributed by atoms with E-state index in [4.69, 9.17) is 14.9 Å². The van der Waals surface area contributed by atoms with Crippen LogP contribution in [0.3, 0.4) is 0 Å². The predicted octanol–water partition coefficient (Wildman–Crippen LogP) is 1.85. The Morgan fingerprint density at radius 2 is 2.12 bits per heavy atom. The monoisotopic (exact) mass is 238 g/mol. The maximum atomic E-state index is 11.0. The van der Waals surface area contributed by atoms with E-state index in [9.17, 15) is 4.79 Å². The van der Waals surface area contributed by atoms with Crippen molar-refractivity contribution in [1.82, 2.24) is 0 Å². The van der Waals surface area contributed by atoms with Gasteiger partial charge < -0.3 is 14.9 Å². The second kappa shape index (κ2) is 6.91. The fourth-order valence-electron chi connectivity index (χ4n) is 1.59. The zero-order valence-electron chi connectivity index (χ0n) is 9.93. The van der Waals surface area contributed by atoms with Crippen LogP contribution in [0.25, 0.3) is 0 Å². The van der Waals surface area contributed by atoms with Crippen LogP contribution in [0, 0.1) is 0 Å². The summed E-state index contributed by atoms with van der Waals surface area (Å²) in [5, 5.41) is 17.9. The van der Waals surface area contributed by atoms with Crippen LogP contribution in [-0.4, -0.2) is 28.9 Å². The van der Waals surface area contributed by atoms with Crippen molar-refractivity contribution in [3.05, 3.63) is 29.8 Å². The number of benzene rings is 1. The maximum Gasteiger partial charge on any atom is 0.344 e. The molecule has 1 rings (SSSR count). The van der Waals surface area contributed by atoms with Gasteiger partial charge in [-0.25, -0.2) is 4.79 Å². The normalized spacial score (nSPS) is 12.1. The number of hydrogen-bond donors (Lipinski definition) is 2. The highest BCUT2D eigenvalue weighted by atomic mass is 16.5. The van der Waals surface area contributed by atoms with Crippen molar-refractivity contribution in [1.29, 1.82) is 0 Å². The summed E-state index contributed by atoms with van der Waals surface area (Å²) in [6.45, 7) is 1.94. The Labute approximate surface area is 101 Å². The molecule has 0 amide bonds.